The van der Waals surface area contributed by atoms with E-state index < -0.39 is 12.1 Å². The molecule has 0 fully saturated rings. The quantitative estimate of drug-likeness (QED) is 0.595. The molecule has 0 saturated heterocycles. The van der Waals surface area contributed by atoms with Crippen LogP contribution in [0.3, 0.4) is 0 Å². The maximum absolute atomic E-state index is 10.1. The lowest BCUT2D eigenvalue weighted by Crippen LogP contribution is -2.39. The fourth-order valence-corrected chi connectivity index (χ4v) is 0.415. The van der Waals surface area contributed by atoms with Crippen LogP contribution in [-0.4, -0.2) is 18.4 Å². The summed E-state index contributed by atoms with van der Waals surface area (Å²) < 4.78 is 0. The van der Waals surface area contributed by atoms with Crippen LogP contribution in [0.25, 0.3) is 0 Å². The van der Waals surface area contributed by atoms with Gasteiger partial charge < -0.3 is 15.8 Å². The zero-order chi connectivity index (χ0) is 9.28. The highest BCUT2D eigenvalue weighted by molar-refractivity contribution is 5.76. The third-order valence-corrected chi connectivity index (χ3v) is 0.932. The number of hydrogen-bond acceptors (Lipinski definition) is 2. The van der Waals surface area contributed by atoms with Gasteiger partial charge in [-0.3, -0.25) is 0 Å². The third kappa shape index (κ3) is 8.94. The summed E-state index contributed by atoms with van der Waals surface area (Å²) in [5.74, 6) is 0. The molecule has 0 aliphatic rings. The van der Waals surface area contributed by atoms with Gasteiger partial charge in [-0.15, -0.1) is 0 Å². The maximum Gasteiger partial charge on any atom is 0.312 e. The number of rotatable bonds is 3. The molecule has 0 aromatic heterocycles. The van der Waals surface area contributed by atoms with E-state index in [1.54, 1.807) is 6.92 Å². The third-order valence-electron chi connectivity index (χ3n) is 0.932. The summed E-state index contributed by atoms with van der Waals surface area (Å²) in [6.07, 6.45) is 1.23. The van der Waals surface area contributed by atoms with E-state index in [1.807, 2.05) is 13.8 Å². The molecule has 2 amide bonds. The summed E-state index contributed by atoms with van der Waals surface area (Å²) in [5, 5.41) is 2.25. The van der Waals surface area contributed by atoms with Crippen molar-refractivity contribution in [1.82, 2.24) is 5.32 Å². The smallest absolute Gasteiger partial charge is 0.312 e. The summed E-state index contributed by atoms with van der Waals surface area (Å²) in [7, 11) is 0. The number of hydrogen-bond donors (Lipinski definition) is 2. The molecule has 1 atom stereocenters. The van der Waals surface area contributed by atoms with Crippen molar-refractivity contribution in [3.8, 4) is 0 Å². The second-order valence-electron chi connectivity index (χ2n) is 1.66. The van der Waals surface area contributed by atoms with Crippen molar-refractivity contribution in [3.63, 3.8) is 0 Å². The molecular weight excluding hydrogens is 144 g/mol. The number of carbonyl (C=O) groups excluding carboxylic acids is 2. The topological polar surface area (TPSA) is 72.2 Å². The summed E-state index contributed by atoms with van der Waals surface area (Å²) in [4.78, 5) is 20.1. The van der Waals surface area contributed by atoms with Gasteiger partial charge >= 0.3 is 6.03 Å². The highest BCUT2D eigenvalue weighted by atomic mass is 16.2. The highest BCUT2D eigenvalue weighted by Crippen LogP contribution is 1.82. The van der Waals surface area contributed by atoms with E-state index in [-0.39, 0.29) is 0 Å². The zero-order valence-corrected chi connectivity index (χ0v) is 7.26. The second-order valence-corrected chi connectivity index (χ2v) is 1.66. The molecule has 0 rings (SSSR count). The van der Waals surface area contributed by atoms with E-state index in [0.717, 1.165) is 0 Å². The van der Waals surface area contributed by atoms with E-state index in [9.17, 15) is 9.59 Å². The number of amides is 2. The first-order chi connectivity index (χ1) is 5.20. The number of aldehydes is 1. The average Bonchev–Trinajstić information content (AvgIpc) is 2.03. The van der Waals surface area contributed by atoms with E-state index in [1.165, 1.54) is 0 Å². The van der Waals surface area contributed by atoms with E-state index in [2.05, 4.69) is 5.32 Å². The van der Waals surface area contributed by atoms with Gasteiger partial charge in [-0.05, 0) is 6.42 Å². The van der Waals surface area contributed by atoms with Crippen LogP contribution in [0.1, 0.15) is 27.2 Å². The molecule has 0 saturated carbocycles. The lowest BCUT2D eigenvalue weighted by atomic mass is 10.2. The standard InChI is InChI=1S/C5H10N2O2.C2H6/c1-2-4(3-8)7-5(6)9;1-2/h3-4H,2H2,1H3,(H3,6,7,9);1-2H3. The lowest BCUT2D eigenvalue weighted by molar-refractivity contribution is -0.109. The van der Waals surface area contributed by atoms with Crippen LogP contribution in [0.4, 0.5) is 4.79 Å². The Labute approximate surface area is 67.1 Å². The lowest BCUT2D eigenvalue weighted by Gasteiger charge is -2.05. The van der Waals surface area contributed by atoms with Gasteiger partial charge in [0.05, 0.1) is 6.04 Å². The fourth-order valence-electron chi connectivity index (χ4n) is 0.415. The molecule has 0 radical (unpaired) electrons. The molecule has 0 aromatic carbocycles. The van der Waals surface area contributed by atoms with Crippen LogP contribution in [0.15, 0.2) is 0 Å². The van der Waals surface area contributed by atoms with Crippen LogP contribution < -0.4 is 11.1 Å². The van der Waals surface area contributed by atoms with Crippen molar-refractivity contribution in [2.45, 2.75) is 33.2 Å². The molecule has 0 bridgehead atoms. The van der Waals surface area contributed by atoms with Crippen LogP contribution in [0.2, 0.25) is 0 Å². The Bertz CT molecular complexity index is 115. The van der Waals surface area contributed by atoms with Crippen LogP contribution in [-0.2, 0) is 4.79 Å². The maximum atomic E-state index is 10.1. The zero-order valence-electron chi connectivity index (χ0n) is 7.26. The Morgan fingerprint density at radius 1 is 1.64 bits per heavy atom. The summed E-state index contributed by atoms with van der Waals surface area (Å²) in [5.41, 5.74) is 4.74. The van der Waals surface area contributed by atoms with Crippen molar-refractivity contribution in [1.29, 1.82) is 0 Å². The predicted molar refractivity (Wildman–Crippen MR) is 44.2 cm³/mol. The SMILES string of the molecule is CC.CCC(C=O)NC(N)=O. The van der Waals surface area contributed by atoms with E-state index in [0.29, 0.717) is 12.7 Å². The van der Waals surface area contributed by atoms with E-state index in [4.69, 9.17) is 5.73 Å². The number of nitrogens with one attached hydrogen (secondary N) is 1. The normalized spacial score (nSPS) is 10.5. The predicted octanol–water partition coefficient (Wildman–Crippen LogP) is 0.658. The Morgan fingerprint density at radius 3 is 2.18 bits per heavy atom. The van der Waals surface area contributed by atoms with Gasteiger partial charge in [-0.2, -0.15) is 0 Å². The van der Waals surface area contributed by atoms with Gasteiger partial charge in [0, 0.05) is 0 Å². The first-order valence-corrected chi connectivity index (χ1v) is 3.72. The van der Waals surface area contributed by atoms with Gasteiger partial charge in [0.1, 0.15) is 6.29 Å². The largest absolute Gasteiger partial charge is 0.352 e. The van der Waals surface area contributed by atoms with Crippen LogP contribution in [0, 0.1) is 0 Å². The Balaban J connectivity index is 0. The molecule has 0 aliphatic carbocycles. The minimum Gasteiger partial charge on any atom is -0.352 e. The average molecular weight is 160 g/mol. The first kappa shape index (κ1) is 12.6. The molecule has 3 N–H and O–H groups in total. The molecular formula is C7H16N2O2. The molecule has 0 spiro atoms. The Morgan fingerprint density at radius 2 is 2.09 bits per heavy atom. The summed E-state index contributed by atoms with van der Waals surface area (Å²) in [6.45, 7) is 5.79. The molecule has 66 valence electrons. The fraction of sp³-hybridized carbons (Fsp3) is 0.714. The highest BCUT2D eigenvalue weighted by Gasteiger charge is 2.03. The Kier molecular flexibility index (Phi) is 10.2. The van der Waals surface area contributed by atoms with E-state index >= 15 is 0 Å². The monoisotopic (exact) mass is 160 g/mol. The summed E-state index contributed by atoms with van der Waals surface area (Å²) in [6, 6.07) is -1.09. The van der Waals surface area contributed by atoms with Crippen molar-refractivity contribution < 1.29 is 9.59 Å². The second kappa shape index (κ2) is 8.94. The van der Waals surface area contributed by atoms with Crippen molar-refractivity contribution in [3.05, 3.63) is 0 Å². The summed E-state index contributed by atoms with van der Waals surface area (Å²) >= 11 is 0. The van der Waals surface area contributed by atoms with Gasteiger partial charge in [-0.1, -0.05) is 20.8 Å². The van der Waals surface area contributed by atoms with Gasteiger partial charge in [0.2, 0.25) is 0 Å². The molecule has 0 aliphatic heterocycles. The minimum absolute atomic E-state index is 0.428. The Hall–Kier alpha value is -1.06. The minimum atomic E-state index is -0.658. The number of nitrogens with two attached hydrogens (primary N) is 1. The van der Waals surface area contributed by atoms with Gasteiger partial charge in [-0.25, -0.2) is 4.79 Å². The molecule has 0 heterocycles. The van der Waals surface area contributed by atoms with Crippen molar-refractivity contribution in [2.75, 3.05) is 0 Å². The van der Waals surface area contributed by atoms with Gasteiger partial charge in [0.25, 0.3) is 0 Å². The molecule has 1 unspecified atom stereocenters. The van der Waals surface area contributed by atoms with Crippen LogP contribution in [0.5, 0.6) is 0 Å². The van der Waals surface area contributed by atoms with Crippen molar-refractivity contribution >= 4 is 12.3 Å². The van der Waals surface area contributed by atoms with Gasteiger partial charge in [0.15, 0.2) is 0 Å². The van der Waals surface area contributed by atoms with Crippen molar-refractivity contribution in [2.24, 2.45) is 5.73 Å². The first-order valence-electron chi connectivity index (χ1n) is 3.72. The molecule has 4 heteroatoms. The molecule has 0 aromatic rings. The van der Waals surface area contributed by atoms with Crippen LogP contribution >= 0.6 is 0 Å². The molecule has 11 heavy (non-hydrogen) atoms. The molecule has 4 nitrogen and oxygen atoms in total. The number of carbonyl (C=O) groups is 2. The number of primary amides is 1. The number of urea groups is 1.